The lowest BCUT2D eigenvalue weighted by Crippen LogP contribution is -2.66. The average molecular weight is 471 g/mol. The summed E-state index contributed by atoms with van der Waals surface area (Å²) in [5.41, 5.74) is -0.635. The average Bonchev–Trinajstić information content (AvgIpc) is 3.55. The molecule has 0 unspecified atom stereocenters. The van der Waals surface area contributed by atoms with Crippen LogP contribution in [-0.4, -0.2) is 48.0 Å². The number of fused-ring (bicyclic) bond motifs is 3. The number of esters is 1. The highest BCUT2D eigenvalue weighted by molar-refractivity contribution is 7.08. The molecule has 2 bridgehead atoms. The number of carbonyl (C=O) groups excluding carboxylic acids is 1. The number of ether oxygens (including phenoxy) is 2. The molecule has 6 rings (SSSR count). The highest BCUT2D eigenvalue weighted by Crippen LogP contribution is 2.41. The van der Waals surface area contributed by atoms with Crippen LogP contribution in [0, 0.1) is 5.92 Å². The van der Waals surface area contributed by atoms with Crippen molar-refractivity contribution in [3.05, 3.63) is 75.1 Å². The Bertz CT molecular complexity index is 977. The van der Waals surface area contributed by atoms with Crippen molar-refractivity contribution in [2.24, 2.45) is 5.92 Å². The van der Waals surface area contributed by atoms with Gasteiger partial charge in [0.1, 0.15) is 18.9 Å². The molecule has 0 radical (unpaired) electrons. The van der Waals surface area contributed by atoms with Crippen LogP contribution in [0.3, 0.4) is 0 Å². The summed E-state index contributed by atoms with van der Waals surface area (Å²) in [5.74, 6) is 0.863. The molecule has 0 saturated carbocycles. The van der Waals surface area contributed by atoms with E-state index in [1.807, 2.05) is 51.9 Å². The Morgan fingerprint density at radius 3 is 2.28 bits per heavy atom. The van der Waals surface area contributed by atoms with Crippen molar-refractivity contribution in [3.63, 3.8) is 0 Å². The fourth-order valence-electron chi connectivity index (χ4n) is 5.11. The maximum Gasteiger partial charge on any atom is 0.352 e. The summed E-state index contributed by atoms with van der Waals surface area (Å²) in [4.78, 5) is 13.5. The van der Waals surface area contributed by atoms with Crippen molar-refractivity contribution >= 4 is 28.6 Å². The van der Waals surface area contributed by atoms with Crippen molar-refractivity contribution in [2.75, 3.05) is 26.2 Å². The molecule has 32 heavy (non-hydrogen) atoms. The van der Waals surface area contributed by atoms with E-state index in [9.17, 15) is 9.90 Å². The molecule has 168 valence electrons. The number of hydrogen-bond acceptors (Lipinski definition) is 6. The van der Waals surface area contributed by atoms with Crippen LogP contribution in [-0.2, 0) is 15.1 Å². The first kappa shape index (κ1) is 21.6. The van der Waals surface area contributed by atoms with Gasteiger partial charge in [-0.1, -0.05) is 18.2 Å². The van der Waals surface area contributed by atoms with E-state index in [4.69, 9.17) is 9.47 Å². The zero-order valence-corrected chi connectivity index (χ0v) is 19.5. The molecule has 0 amide bonds. The van der Waals surface area contributed by atoms with Crippen molar-refractivity contribution in [2.45, 2.75) is 31.1 Å². The van der Waals surface area contributed by atoms with Gasteiger partial charge in [0.2, 0.25) is 11.8 Å². The molecule has 3 saturated heterocycles. The first-order chi connectivity index (χ1) is 15.6. The van der Waals surface area contributed by atoms with Gasteiger partial charge in [0.05, 0.1) is 13.1 Å². The van der Waals surface area contributed by atoms with Crippen molar-refractivity contribution in [1.29, 1.82) is 0 Å². The van der Waals surface area contributed by atoms with Gasteiger partial charge in [-0.25, -0.2) is 4.79 Å². The number of aliphatic hydroxyl groups is 1. The van der Waals surface area contributed by atoms with E-state index in [-0.39, 0.29) is 6.23 Å². The Morgan fingerprint density at radius 1 is 1.03 bits per heavy atom. The summed E-state index contributed by atoms with van der Waals surface area (Å²) in [6.45, 7) is 3.32. The van der Waals surface area contributed by atoms with Crippen LogP contribution >= 0.6 is 22.7 Å². The summed E-state index contributed by atoms with van der Waals surface area (Å²) in [7, 11) is 0. The maximum atomic E-state index is 13.5. The predicted octanol–water partition coefficient (Wildman–Crippen LogP) is 4.62. The molecule has 1 N–H and O–H groups in total. The summed E-state index contributed by atoms with van der Waals surface area (Å²) >= 11 is 2.93. The Labute approximate surface area is 196 Å². The van der Waals surface area contributed by atoms with Gasteiger partial charge in [0, 0.05) is 30.4 Å². The van der Waals surface area contributed by atoms with E-state index < -0.39 is 11.6 Å². The van der Waals surface area contributed by atoms with Gasteiger partial charge in [-0.2, -0.15) is 22.7 Å². The number of quaternary nitrogens is 1. The van der Waals surface area contributed by atoms with Gasteiger partial charge < -0.3 is 14.6 Å². The smallest absolute Gasteiger partial charge is 0.352 e. The molecule has 2 aromatic heterocycles. The van der Waals surface area contributed by atoms with Crippen LogP contribution in [0.4, 0.5) is 0 Å². The molecule has 1 aromatic carbocycles. The van der Waals surface area contributed by atoms with E-state index >= 15 is 0 Å². The molecule has 3 aromatic rings. The van der Waals surface area contributed by atoms with E-state index in [0.29, 0.717) is 23.7 Å². The number of thiophene rings is 2. The molecule has 7 heteroatoms. The topological polar surface area (TPSA) is 55.8 Å². The lowest BCUT2D eigenvalue weighted by atomic mass is 9.84. The first-order valence-corrected chi connectivity index (χ1v) is 13.0. The van der Waals surface area contributed by atoms with Crippen LogP contribution in [0.5, 0.6) is 5.75 Å². The molecular weight excluding hydrogens is 442 g/mol. The number of rotatable bonds is 8. The monoisotopic (exact) mass is 470 g/mol. The van der Waals surface area contributed by atoms with Crippen molar-refractivity contribution in [3.8, 4) is 5.75 Å². The third kappa shape index (κ3) is 3.99. The quantitative estimate of drug-likeness (QED) is 0.385. The van der Waals surface area contributed by atoms with Crippen LogP contribution in [0.15, 0.2) is 64.0 Å². The maximum absolute atomic E-state index is 13.5. The SMILES string of the molecule is O=C(O[C@@H]1CC2CC[N+]1(CCOc1ccccc1)CC2)C(O)(c1ccsc1)c1ccsc1. The summed E-state index contributed by atoms with van der Waals surface area (Å²) < 4.78 is 12.9. The minimum atomic E-state index is -1.78. The van der Waals surface area contributed by atoms with Gasteiger partial charge in [-0.15, -0.1) is 0 Å². The molecule has 3 fully saturated rings. The van der Waals surface area contributed by atoms with E-state index in [1.165, 1.54) is 22.7 Å². The van der Waals surface area contributed by atoms with Crippen molar-refractivity contribution < 1.29 is 23.9 Å². The Kier molecular flexibility index (Phi) is 6.07. The number of nitrogens with zero attached hydrogens (tertiary/aromatic N) is 1. The fourth-order valence-corrected chi connectivity index (χ4v) is 6.51. The molecule has 0 aliphatic carbocycles. The third-order valence-corrected chi connectivity index (χ3v) is 8.44. The van der Waals surface area contributed by atoms with Crippen LogP contribution in [0.2, 0.25) is 0 Å². The van der Waals surface area contributed by atoms with Crippen LogP contribution < -0.4 is 4.74 Å². The summed E-state index contributed by atoms with van der Waals surface area (Å²) in [5, 5.41) is 19.0. The second kappa shape index (κ2) is 8.98. The third-order valence-electron chi connectivity index (χ3n) is 7.08. The van der Waals surface area contributed by atoms with Crippen LogP contribution in [0.25, 0.3) is 0 Å². The zero-order chi connectivity index (χ0) is 22.0. The highest BCUT2D eigenvalue weighted by Gasteiger charge is 2.52. The van der Waals surface area contributed by atoms with E-state index in [0.717, 1.165) is 49.1 Å². The molecule has 5 heterocycles. The molecule has 1 atom stereocenters. The summed E-state index contributed by atoms with van der Waals surface area (Å²) in [6.07, 6.45) is 2.90. The van der Waals surface area contributed by atoms with Gasteiger partial charge in [-0.05, 0) is 51.7 Å². The number of hydrogen-bond donors (Lipinski definition) is 1. The van der Waals surface area contributed by atoms with Gasteiger partial charge in [0.15, 0.2) is 0 Å². The molecule has 3 aliphatic rings. The minimum Gasteiger partial charge on any atom is -0.488 e. The number of para-hydroxylation sites is 1. The van der Waals surface area contributed by atoms with Gasteiger partial charge in [0.25, 0.3) is 0 Å². The van der Waals surface area contributed by atoms with Gasteiger partial charge in [-0.3, -0.25) is 4.48 Å². The zero-order valence-electron chi connectivity index (χ0n) is 17.9. The molecular formula is C25H28NO4S2+. The number of carbonyl (C=O) groups is 1. The lowest BCUT2D eigenvalue weighted by molar-refractivity contribution is -0.984. The largest absolute Gasteiger partial charge is 0.488 e. The van der Waals surface area contributed by atoms with E-state index in [1.54, 1.807) is 12.1 Å². The number of piperidine rings is 3. The molecule has 3 aliphatic heterocycles. The van der Waals surface area contributed by atoms with E-state index in [2.05, 4.69) is 0 Å². The number of benzene rings is 1. The Morgan fingerprint density at radius 2 is 1.69 bits per heavy atom. The Hall–Kier alpha value is -2.19. The summed E-state index contributed by atoms with van der Waals surface area (Å²) in [6, 6.07) is 13.4. The lowest BCUT2D eigenvalue weighted by Gasteiger charge is -2.53. The standard InChI is InChI=1S/C25H28NO4S2/c27-24(25(28,20-8-14-31-17-20)21-9-15-32-18-21)30-23-16-19-6-10-26(23,11-7-19)12-13-29-22-4-2-1-3-5-22/h1-5,8-9,14-15,17-19,23,28H,6-7,10-13,16H2/q+1/t19?,23-,26?/m1/s1. The van der Waals surface area contributed by atoms with Gasteiger partial charge >= 0.3 is 5.97 Å². The molecule has 5 nitrogen and oxygen atoms in total. The minimum absolute atomic E-state index is 0.252. The predicted molar refractivity (Wildman–Crippen MR) is 126 cm³/mol. The second-order valence-electron chi connectivity index (χ2n) is 8.82. The first-order valence-electron chi connectivity index (χ1n) is 11.1. The second-order valence-corrected chi connectivity index (χ2v) is 10.4. The van der Waals surface area contributed by atoms with Crippen LogP contribution in [0.1, 0.15) is 30.4 Å². The Balaban J connectivity index is 1.35. The fraction of sp³-hybridized carbons (Fsp3) is 0.400. The van der Waals surface area contributed by atoms with Crippen molar-refractivity contribution in [1.82, 2.24) is 0 Å². The highest BCUT2D eigenvalue weighted by atomic mass is 32.1. The molecule has 0 spiro atoms. The normalized spacial score (nSPS) is 24.9.